The van der Waals surface area contributed by atoms with E-state index in [1.165, 1.54) is 11.7 Å². The Labute approximate surface area is 221 Å². The average Bonchev–Trinajstić information content (AvgIpc) is 3.62. The van der Waals surface area contributed by atoms with Gasteiger partial charge in [-0.1, -0.05) is 6.92 Å². The maximum absolute atomic E-state index is 12.8. The number of rotatable bonds is 6. The molecule has 3 saturated carbocycles. The average molecular weight is 515 g/mol. The second kappa shape index (κ2) is 12.3. The Balaban J connectivity index is 1.01. The Morgan fingerprint density at radius 2 is 1.08 bits per heavy atom. The Kier molecular flexibility index (Phi) is 8.71. The minimum Gasteiger partial charge on any atom is -0.372 e. The summed E-state index contributed by atoms with van der Waals surface area (Å²) < 4.78 is 0. The lowest BCUT2D eigenvalue weighted by Crippen LogP contribution is -2.57. The summed E-state index contributed by atoms with van der Waals surface area (Å²) in [6.45, 7) is 5.85. The summed E-state index contributed by atoms with van der Waals surface area (Å²) in [5.74, 6) is 3.58. The quantitative estimate of drug-likeness (QED) is 0.325. The van der Waals surface area contributed by atoms with Crippen LogP contribution in [-0.4, -0.2) is 74.1 Å². The third kappa shape index (κ3) is 6.87. The van der Waals surface area contributed by atoms with Crippen LogP contribution in [0.1, 0.15) is 77.6 Å². The van der Waals surface area contributed by atoms with Gasteiger partial charge in [0.1, 0.15) is 0 Å². The van der Waals surface area contributed by atoms with E-state index in [0.717, 1.165) is 96.8 Å². The molecule has 3 aliphatic carbocycles. The number of hydrogen-bond acceptors (Lipinski definition) is 6. The fourth-order valence-electron chi connectivity index (χ4n) is 6.96. The first-order valence-corrected chi connectivity index (χ1v) is 14.8. The van der Waals surface area contributed by atoms with Crippen LogP contribution in [0.15, 0.2) is 9.98 Å². The SMILES string of the molecule is CC1C(NC(=O)NC2CCC(C3=NCCN3)CC2)CCCC1NC(=O)NC1CCC(C2=NCCN2)CC1. The molecule has 4 amide bonds. The zero-order valence-corrected chi connectivity index (χ0v) is 22.4. The molecule has 5 aliphatic rings. The van der Waals surface area contributed by atoms with Gasteiger partial charge >= 0.3 is 12.1 Å². The van der Waals surface area contributed by atoms with Gasteiger partial charge in [0.05, 0.1) is 24.8 Å². The minimum atomic E-state index is -0.0696. The normalized spacial score (nSPS) is 35.9. The van der Waals surface area contributed by atoms with Crippen LogP contribution in [0.2, 0.25) is 0 Å². The van der Waals surface area contributed by atoms with Gasteiger partial charge in [0.2, 0.25) is 0 Å². The van der Waals surface area contributed by atoms with E-state index < -0.39 is 0 Å². The van der Waals surface area contributed by atoms with Crippen molar-refractivity contribution >= 4 is 23.7 Å². The van der Waals surface area contributed by atoms with E-state index in [9.17, 15) is 9.59 Å². The number of nitrogens with one attached hydrogen (secondary N) is 6. The lowest BCUT2D eigenvalue weighted by molar-refractivity contribution is 0.188. The van der Waals surface area contributed by atoms with E-state index in [2.05, 4.69) is 48.8 Å². The molecule has 10 heteroatoms. The standard InChI is InChI=1S/C27H46N8O2/c1-17-22(34-26(36)32-20-9-5-18(6-10-20)24-28-13-14-29-24)3-2-4-23(17)35-27(37)33-21-11-7-19(8-12-21)25-30-15-16-31-25/h17-23H,2-16H2,1H3,(H,28,29)(H,30,31)(H2,32,34,36)(H2,33,35,37). The van der Waals surface area contributed by atoms with Crippen LogP contribution < -0.4 is 31.9 Å². The molecule has 0 bridgehead atoms. The molecule has 2 atom stereocenters. The van der Waals surface area contributed by atoms with Crippen LogP contribution in [0.3, 0.4) is 0 Å². The molecule has 0 aromatic carbocycles. The van der Waals surface area contributed by atoms with Crippen molar-refractivity contribution in [2.45, 2.75) is 102 Å². The molecular formula is C27H46N8O2. The summed E-state index contributed by atoms with van der Waals surface area (Å²) in [4.78, 5) is 34.8. The zero-order chi connectivity index (χ0) is 25.6. The van der Waals surface area contributed by atoms with Crippen molar-refractivity contribution in [2.75, 3.05) is 26.2 Å². The first kappa shape index (κ1) is 26.1. The molecule has 0 saturated heterocycles. The van der Waals surface area contributed by atoms with Crippen molar-refractivity contribution in [1.29, 1.82) is 0 Å². The van der Waals surface area contributed by atoms with Gasteiger partial charge in [0.25, 0.3) is 0 Å². The summed E-state index contributed by atoms with van der Waals surface area (Å²) in [5, 5.41) is 19.7. The fraction of sp³-hybridized carbons (Fsp3) is 0.852. The number of hydrogen-bond donors (Lipinski definition) is 6. The molecule has 10 nitrogen and oxygen atoms in total. The number of amidine groups is 2. The summed E-state index contributed by atoms with van der Waals surface area (Å²) in [5.41, 5.74) is 0. The van der Waals surface area contributed by atoms with Gasteiger partial charge in [0.15, 0.2) is 0 Å². The fourth-order valence-corrected chi connectivity index (χ4v) is 6.96. The van der Waals surface area contributed by atoms with E-state index >= 15 is 0 Å². The summed E-state index contributed by atoms with van der Waals surface area (Å²) in [6, 6.07) is 0.455. The molecule has 0 radical (unpaired) electrons. The molecule has 2 unspecified atom stereocenters. The van der Waals surface area contributed by atoms with Gasteiger partial charge in [-0.25, -0.2) is 9.59 Å². The summed E-state index contributed by atoms with van der Waals surface area (Å²) >= 11 is 0. The molecule has 0 spiro atoms. The van der Waals surface area contributed by atoms with E-state index in [0.29, 0.717) is 11.8 Å². The topological polar surface area (TPSA) is 131 Å². The van der Waals surface area contributed by atoms with Crippen molar-refractivity contribution in [3.8, 4) is 0 Å². The maximum atomic E-state index is 12.8. The number of carbonyl (C=O) groups is 2. The van der Waals surface area contributed by atoms with E-state index in [4.69, 9.17) is 0 Å². The maximum Gasteiger partial charge on any atom is 0.315 e. The minimum absolute atomic E-state index is 0.0696. The van der Waals surface area contributed by atoms with Crippen molar-refractivity contribution in [3.63, 3.8) is 0 Å². The van der Waals surface area contributed by atoms with Crippen LogP contribution in [-0.2, 0) is 0 Å². The van der Waals surface area contributed by atoms with Gasteiger partial charge in [-0.05, 0) is 76.5 Å². The smallest absolute Gasteiger partial charge is 0.315 e. The van der Waals surface area contributed by atoms with Crippen LogP contribution in [0.4, 0.5) is 9.59 Å². The first-order valence-electron chi connectivity index (χ1n) is 14.8. The molecule has 37 heavy (non-hydrogen) atoms. The van der Waals surface area contributed by atoms with Crippen LogP contribution in [0, 0.1) is 17.8 Å². The number of urea groups is 2. The molecule has 6 N–H and O–H groups in total. The highest BCUT2D eigenvalue weighted by Crippen LogP contribution is 2.28. The monoisotopic (exact) mass is 514 g/mol. The third-order valence-corrected chi connectivity index (χ3v) is 9.23. The van der Waals surface area contributed by atoms with Gasteiger partial charge in [-0.15, -0.1) is 0 Å². The number of aliphatic imine (C=N–C) groups is 2. The Morgan fingerprint density at radius 1 is 0.649 bits per heavy atom. The predicted molar refractivity (Wildman–Crippen MR) is 146 cm³/mol. The van der Waals surface area contributed by atoms with E-state index in [1.807, 2.05) is 0 Å². The van der Waals surface area contributed by atoms with Crippen molar-refractivity contribution < 1.29 is 9.59 Å². The molecule has 3 fully saturated rings. The number of amides is 4. The third-order valence-electron chi connectivity index (χ3n) is 9.23. The lowest BCUT2D eigenvalue weighted by Gasteiger charge is -2.38. The van der Waals surface area contributed by atoms with Crippen molar-refractivity contribution in [1.82, 2.24) is 31.9 Å². The number of nitrogens with zero attached hydrogens (tertiary/aromatic N) is 2. The summed E-state index contributed by atoms with van der Waals surface area (Å²) in [6.07, 6.45) is 11.2. The van der Waals surface area contributed by atoms with Gasteiger partial charge in [-0.2, -0.15) is 0 Å². The molecular weight excluding hydrogens is 468 g/mol. The van der Waals surface area contributed by atoms with Crippen LogP contribution in [0.5, 0.6) is 0 Å². The number of carbonyl (C=O) groups excluding carboxylic acids is 2. The second-order valence-electron chi connectivity index (χ2n) is 11.7. The predicted octanol–water partition coefficient (Wildman–Crippen LogP) is 2.26. The van der Waals surface area contributed by atoms with E-state index in [1.54, 1.807) is 0 Å². The highest BCUT2D eigenvalue weighted by atomic mass is 16.2. The first-order chi connectivity index (χ1) is 18.0. The molecule has 0 aromatic rings. The Bertz CT molecular complexity index is 792. The van der Waals surface area contributed by atoms with Gasteiger partial charge in [0, 0.05) is 49.1 Å². The van der Waals surface area contributed by atoms with Gasteiger partial charge < -0.3 is 31.9 Å². The Hall–Kier alpha value is -2.52. The largest absolute Gasteiger partial charge is 0.372 e. The molecule has 206 valence electrons. The lowest BCUT2D eigenvalue weighted by atomic mass is 9.81. The molecule has 0 aromatic heterocycles. The van der Waals surface area contributed by atoms with Crippen molar-refractivity contribution in [3.05, 3.63) is 0 Å². The molecule has 2 heterocycles. The zero-order valence-electron chi connectivity index (χ0n) is 22.4. The Morgan fingerprint density at radius 3 is 1.46 bits per heavy atom. The molecule has 2 aliphatic heterocycles. The molecule has 5 rings (SSSR count). The van der Waals surface area contributed by atoms with Crippen LogP contribution >= 0.6 is 0 Å². The highest BCUT2D eigenvalue weighted by molar-refractivity contribution is 5.86. The summed E-state index contributed by atoms with van der Waals surface area (Å²) in [7, 11) is 0. The second-order valence-corrected chi connectivity index (χ2v) is 11.7. The highest BCUT2D eigenvalue weighted by Gasteiger charge is 2.34. The van der Waals surface area contributed by atoms with Gasteiger partial charge in [-0.3, -0.25) is 9.98 Å². The van der Waals surface area contributed by atoms with Crippen LogP contribution in [0.25, 0.3) is 0 Å². The van der Waals surface area contributed by atoms with Crippen molar-refractivity contribution in [2.24, 2.45) is 27.7 Å². The van der Waals surface area contributed by atoms with E-state index in [-0.39, 0.29) is 42.1 Å².